The van der Waals surface area contributed by atoms with E-state index >= 15 is 0 Å². The Balaban J connectivity index is 2.37. The SMILES string of the molecule is CCCOCn1c(=O)c2c(F)cccc2c2c1nnn2C. The molecular formula is C14H15FN4O2. The lowest BCUT2D eigenvalue weighted by atomic mass is 10.1. The van der Waals surface area contributed by atoms with E-state index in [2.05, 4.69) is 10.3 Å². The first-order chi connectivity index (χ1) is 10.1. The van der Waals surface area contributed by atoms with Crippen molar-refractivity contribution in [2.75, 3.05) is 6.61 Å². The first kappa shape index (κ1) is 13.7. The molecule has 0 amide bonds. The summed E-state index contributed by atoms with van der Waals surface area (Å²) in [5, 5.41) is 8.49. The quantitative estimate of drug-likeness (QED) is 0.687. The zero-order chi connectivity index (χ0) is 15.0. The highest BCUT2D eigenvalue weighted by Crippen LogP contribution is 2.22. The van der Waals surface area contributed by atoms with Gasteiger partial charge in [0, 0.05) is 19.0 Å². The molecule has 2 aromatic heterocycles. The monoisotopic (exact) mass is 290 g/mol. The van der Waals surface area contributed by atoms with Crippen molar-refractivity contribution < 1.29 is 9.13 Å². The normalized spacial score (nSPS) is 11.6. The van der Waals surface area contributed by atoms with Crippen LogP contribution in [-0.4, -0.2) is 26.2 Å². The molecule has 6 nitrogen and oxygen atoms in total. The van der Waals surface area contributed by atoms with Gasteiger partial charge in [-0.2, -0.15) is 0 Å². The Kier molecular flexibility index (Phi) is 3.42. The highest BCUT2D eigenvalue weighted by molar-refractivity contribution is 6.02. The molecular weight excluding hydrogens is 275 g/mol. The molecule has 1 aromatic carbocycles. The number of ether oxygens (including phenoxy) is 1. The van der Waals surface area contributed by atoms with Crippen LogP contribution in [0.15, 0.2) is 23.0 Å². The maximum absolute atomic E-state index is 14.1. The van der Waals surface area contributed by atoms with Crippen molar-refractivity contribution in [1.82, 2.24) is 19.6 Å². The van der Waals surface area contributed by atoms with Crippen molar-refractivity contribution in [1.29, 1.82) is 0 Å². The highest BCUT2D eigenvalue weighted by atomic mass is 19.1. The molecule has 0 aliphatic heterocycles. The van der Waals surface area contributed by atoms with Crippen molar-refractivity contribution in [3.8, 4) is 0 Å². The lowest BCUT2D eigenvalue weighted by Gasteiger charge is -2.10. The predicted molar refractivity (Wildman–Crippen MR) is 76.5 cm³/mol. The number of halogens is 1. The van der Waals surface area contributed by atoms with E-state index in [0.717, 1.165) is 6.42 Å². The van der Waals surface area contributed by atoms with E-state index in [-0.39, 0.29) is 12.1 Å². The second-order valence-electron chi connectivity index (χ2n) is 4.82. The maximum atomic E-state index is 14.1. The van der Waals surface area contributed by atoms with Gasteiger partial charge in [-0.25, -0.2) is 9.07 Å². The van der Waals surface area contributed by atoms with Crippen LogP contribution in [-0.2, 0) is 18.5 Å². The third-order valence-corrected chi connectivity index (χ3v) is 3.36. The molecule has 3 aromatic rings. The Hall–Kier alpha value is -2.28. The van der Waals surface area contributed by atoms with Gasteiger partial charge in [0.25, 0.3) is 5.56 Å². The summed E-state index contributed by atoms with van der Waals surface area (Å²) in [6.07, 6.45) is 0.834. The largest absolute Gasteiger partial charge is 0.361 e. The molecule has 0 saturated carbocycles. The maximum Gasteiger partial charge on any atom is 0.265 e. The molecule has 0 aliphatic carbocycles. The zero-order valence-corrected chi connectivity index (χ0v) is 11.8. The second-order valence-corrected chi connectivity index (χ2v) is 4.82. The molecule has 0 saturated heterocycles. The predicted octanol–water partition coefficient (Wildman–Crippen LogP) is 1.81. The van der Waals surface area contributed by atoms with Crippen molar-refractivity contribution in [3.05, 3.63) is 34.4 Å². The van der Waals surface area contributed by atoms with Gasteiger partial charge in [0.05, 0.1) is 5.39 Å². The molecule has 0 aliphatic rings. The Morgan fingerprint density at radius 3 is 2.95 bits per heavy atom. The summed E-state index contributed by atoms with van der Waals surface area (Å²) in [5.74, 6) is -0.551. The summed E-state index contributed by atoms with van der Waals surface area (Å²) in [7, 11) is 1.71. The van der Waals surface area contributed by atoms with Gasteiger partial charge in [-0.05, 0) is 12.5 Å². The van der Waals surface area contributed by atoms with Crippen LogP contribution in [0.5, 0.6) is 0 Å². The van der Waals surface area contributed by atoms with Crippen molar-refractivity contribution >= 4 is 21.9 Å². The number of fused-ring (bicyclic) bond motifs is 3. The van der Waals surface area contributed by atoms with Crippen molar-refractivity contribution in [2.24, 2.45) is 7.05 Å². The third kappa shape index (κ3) is 2.09. The van der Waals surface area contributed by atoms with Gasteiger partial charge >= 0.3 is 0 Å². The molecule has 0 bridgehead atoms. The van der Waals surface area contributed by atoms with E-state index in [9.17, 15) is 9.18 Å². The summed E-state index contributed by atoms with van der Waals surface area (Å²) in [6.45, 7) is 2.52. The number of benzene rings is 1. The Bertz CT molecular complexity index is 869. The van der Waals surface area contributed by atoms with Crippen LogP contribution in [0.3, 0.4) is 0 Å². The molecule has 0 unspecified atom stereocenters. The molecule has 3 rings (SSSR count). The third-order valence-electron chi connectivity index (χ3n) is 3.36. The summed E-state index contributed by atoms with van der Waals surface area (Å²) in [6, 6.07) is 4.54. The van der Waals surface area contributed by atoms with Crippen molar-refractivity contribution in [2.45, 2.75) is 20.1 Å². The molecule has 0 radical (unpaired) electrons. The fourth-order valence-corrected chi connectivity index (χ4v) is 2.41. The van der Waals surface area contributed by atoms with E-state index in [0.29, 0.717) is 23.2 Å². The fraction of sp³-hybridized carbons (Fsp3) is 0.357. The average molecular weight is 290 g/mol. The minimum absolute atomic E-state index is 0.0339. The van der Waals surface area contributed by atoms with Crippen LogP contribution in [0.25, 0.3) is 21.9 Å². The van der Waals surface area contributed by atoms with E-state index < -0.39 is 11.4 Å². The van der Waals surface area contributed by atoms with Gasteiger partial charge in [-0.15, -0.1) is 5.10 Å². The number of aromatic nitrogens is 4. The van der Waals surface area contributed by atoms with Gasteiger partial charge < -0.3 is 4.74 Å². The lowest BCUT2D eigenvalue weighted by molar-refractivity contribution is 0.0780. The average Bonchev–Trinajstić information content (AvgIpc) is 2.84. The molecule has 0 atom stereocenters. The van der Waals surface area contributed by atoms with Gasteiger partial charge in [-0.3, -0.25) is 9.36 Å². The first-order valence-electron chi connectivity index (χ1n) is 6.73. The fourth-order valence-electron chi connectivity index (χ4n) is 2.41. The number of hydrogen-bond acceptors (Lipinski definition) is 4. The van der Waals surface area contributed by atoms with Crippen LogP contribution >= 0.6 is 0 Å². The molecule has 0 N–H and O–H groups in total. The van der Waals surface area contributed by atoms with Crippen molar-refractivity contribution in [3.63, 3.8) is 0 Å². The van der Waals surface area contributed by atoms with Crippen LogP contribution in [0.1, 0.15) is 13.3 Å². The summed E-state index contributed by atoms with van der Waals surface area (Å²) in [4.78, 5) is 12.5. The van der Waals surface area contributed by atoms with Gasteiger partial charge in [0.1, 0.15) is 18.1 Å². The Labute approximate surface area is 119 Å². The second kappa shape index (κ2) is 5.25. The number of pyridine rings is 1. The highest BCUT2D eigenvalue weighted by Gasteiger charge is 2.17. The first-order valence-corrected chi connectivity index (χ1v) is 6.73. The topological polar surface area (TPSA) is 61.9 Å². The molecule has 21 heavy (non-hydrogen) atoms. The molecule has 0 fully saturated rings. The summed E-state index contributed by atoms with van der Waals surface area (Å²) in [5.41, 5.74) is 0.563. The smallest absolute Gasteiger partial charge is 0.265 e. The number of aryl methyl sites for hydroxylation is 1. The van der Waals surface area contributed by atoms with Gasteiger partial charge in [0.2, 0.25) is 0 Å². The minimum Gasteiger partial charge on any atom is -0.361 e. The summed E-state index contributed by atoms with van der Waals surface area (Å²) < 4.78 is 22.4. The van der Waals surface area contributed by atoms with E-state index in [1.54, 1.807) is 19.2 Å². The molecule has 2 heterocycles. The number of nitrogens with zero attached hydrogens (tertiary/aromatic N) is 4. The van der Waals surface area contributed by atoms with Crippen LogP contribution < -0.4 is 5.56 Å². The van der Waals surface area contributed by atoms with Gasteiger partial charge in [0.15, 0.2) is 5.65 Å². The molecule has 7 heteroatoms. The minimum atomic E-state index is -0.551. The molecule has 0 spiro atoms. The Morgan fingerprint density at radius 1 is 1.38 bits per heavy atom. The molecule has 110 valence electrons. The summed E-state index contributed by atoms with van der Waals surface area (Å²) >= 11 is 0. The van der Waals surface area contributed by atoms with Crippen LogP contribution in [0.4, 0.5) is 4.39 Å². The lowest BCUT2D eigenvalue weighted by Crippen LogP contribution is -2.23. The van der Waals surface area contributed by atoms with Crippen LogP contribution in [0, 0.1) is 5.82 Å². The Morgan fingerprint density at radius 2 is 2.19 bits per heavy atom. The number of hydrogen-bond donors (Lipinski definition) is 0. The standard InChI is InChI=1S/C14H15FN4O2/c1-3-7-21-8-19-13-12(18(2)17-16-13)9-5-4-6-10(15)11(9)14(19)20/h4-6H,3,7-8H2,1-2H3. The van der Waals surface area contributed by atoms with E-state index in [1.807, 2.05) is 6.92 Å². The van der Waals surface area contributed by atoms with E-state index in [4.69, 9.17) is 4.74 Å². The van der Waals surface area contributed by atoms with E-state index in [1.165, 1.54) is 15.3 Å². The van der Waals surface area contributed by atoms with Gasteiger partial charge in [-0.1, -0.05) is 24.3 Å². The number of rotatable bonds is 4. The van der Waals surface area contributed by atoms with Crippen LogP contribution in [0.2, 0.25) is 0 Å². The zero-order valence-electron chi connectivity index (χ0n) is 11.8.